The monoisotopic (exact) mass is 221 g/mol. The van der Waals surface area contributed by atoms with E-state index in [2.05, 4.69) is 15.2 Å². The number of fused-ring (bicyclic) bond motifs is 1. The van der Waals surface area contributed by atoms with Crippen LogP contribution in [0.25, 0.3) is 11.0 Å². The Morgan fingerprint density at radius 2 is 2.07 bits per heavy atom. The summed E-state index contributed by atoms with van der Waals surface area (Å²) in [5.74, 6) is 0. The first-order valence-electron chi connectivity index (χ1n) is 3.55. The van der Waals surface area contributed by atoms with Crippen molar-refractivity contribution in [1.82, 2.24) is 15.2 Å². The molecule has 0 aromatic carbocycles. The summed E-state index contributed by atoms with van der Waals surface area (Å²) in [6.07, 6.45) is -3.68. The molecule has 0 fully saturated rings. The van der Waals surface area contributed by atoms with Crippen LogP contribution in [-0.2, 0) is 6.18 Å². The highest BCUT2D eigenvalue weighted by Gasteiger charge is 2.31. The minimum atomic E-state index is -4.41. The van der Waals surface area contributed by atoms with E-state index in [1.54, 1.807) is 0 Å². The van der Waals surface area contributed by atoms with Gasteiger partial charge in [0.2, 0.25) is 0 Å². The topological polar surface area (TPSA) is 41.6 Å². The molecule has 0 saturated carbocycles. The first-order chi connectivity index (χ1) is 6.48. The molecule has 74 valence electrons. The van der Waals surface area contributed by atoms with Crippen molar-refractivity contribution in [2.45, 2.75) is 6.18 Å². The summed E-state index contributed by atoms with van der Waals surface area (Å²) < 4.78 is 36.6. The molecule has 2 aromatic rings. The number of nitrogens with zero attached hydrogens (tertiary/aromatic N) is 2. The van der Waals surface area contributed by atoms with E-state index in [1.807, 2.05) is 0 Å². The zero-order valence-corrected chi connectivity index (χ0v) is 7.32. The van der Waals surface area contributed by atoms with Crippen molar-refractivity contribution in [2.24, 2.45) is 0 Å². The van der Waals surface area contributed by atoms with Crippen LogP contribution in [0.2, 0.25) is 5.15 Å². The minimum Gasteiger partial charge on any atom is -0.265 e. The molecule has 0 aliphatic heterocycles. The Morgan fingerprint density at radius 1 is 1.36 bits per heavy atom. The summed E-state index contributed by atoms with van der Waals surface area (Å²) in [7, 11) is 0. The number of hydrogen-bond donors (Lipinski definition) is 1. The largest absolute Gasteiger partial charge is 0.417 e. The summed E-state index contributed by atoms with van der Waals surface area (Å²) in [5.41, 5.74) is -0.502. The Kier molecular flexibility index (Phi) is 1.88. The second-order valence-electron chi connectivity index (χ2n) is 2.63. The molecule has 2 heterocycles. The van der Waals surface area contributed by atoms with Crippen molar-refractivity contribution in [3.05, 3.63) is 23.0 Å². The van der Waals surface area contributed by atoms with E-state index >= 15 is 0 Å². The highest BCUT2D eigenvalue weighted by atomic mass is 35.5. The number of halogens is 4. The van der Waals surface area contributed by atoms with Gasteiger partial charge in [0.05, 0.1) is 5.56 Å². The van der Waals surface area contributed by atoms with Crippen LogP contribution < -0.4 is 0 Å². The molecule has 7 heteroatoms. The van der Waals surface area contributed by atoms with Crippen LogP contribution in [-0.4, -0.2) is 15.2 Å². The van der Waals surface area contributed by atoms with E-state index < -0.39 is 11.7 Å². The van der Waals surface area contributed by atoms with Crippen molar-refractivity contribution < 1.29 is 13.2 Å². The van der Waals surface area contributed by atoms with E-state index in [4.69, 9.17) is 11.6 Å². The number of rotatable bonds is 0. The molecule has 0 bridgehead atoms. The Hall–Kier alpha value is -1.30. The van der Waals surface area contributed by atoms with E-state index in [-0.39, 0.29) is 16.2 Å². The molecule has 1 N–H and O–H groups in total. The van der Waals surface area contributed by atoms with Gasteiger partial charge in [-0.05, 0) is 6.07 Å². The molecule has 0 atom stereocenters. The Bertz CT molecular complexity index is 476. The van der Waals surface area contributed by atoms with E-state index in [0.29, 0.717) is 0 Å². The number of aromatic nitrogens is 3. The molecule has 2 rings (SSSR count). The van der Waals surface area contributed by atoms with Crippen LogP contribution >= 0.6 is 11.6 Å². The summed E-state index contributed by atoms with van der Waals surface area (Å²) in [4.78, 5) is 3.56. The quantitative estimate of drug-likeness (QED) is 0.743. The molecule has 0 aliphatic rings. The predicted octanol–water partition coefficient (Wildman–Crippen LogP) is 2.63. The Balaban J connectivity index is 2.63. The maximum Gasteiger partial charge on any atom is 0.417 e. The van der Waals surface area contributed by atoms with E-state index in [9.17, 15) is 13.2 Å². The minimum absolute atomic E-state index is 0.102. The van der Waals surface area contributed by atoms with Gasteiger partial charge in [0.25, 0.3) is 0 Å². The molecular weight excluding hydrogens is 219 g/mol. The maximum atomic E-state index is 12.2. The lowest BCUT2D eigenvalue weighted by Crippen LogP contribution is -2.04. The van der Waals surface area contributed by atoms with Gasteiger partial charge >= 0.3 is 6.18 Å². The average molecular weight is 222 g/mol. The van der Waals surface area contributed by atoms with Crippen LogP contribution in [0, 0.1) is 0 Å². The predicted molar refractivity (Wildman–Crippen MR) is 43.9 cm³/mol. The van der Waals surface area contributed by atoms with Gasteiger partial charge in [0.1, 0.15) is 11.0 Å². The molecule has 3 nitrogen and oxygen atoms in total. The molecule has 2 aromatic heterocycles. The van der Waals surface area contributed by atoms with Crippen LogP contribution in [0.1, 0.15) is 5.56 Å². The van der Waals surface area contributed by atoms with Crippen molar-refractivity contribution in [2.75, 3.05) is 0 Å². The third-order valence-corrected chi connectivity index (χ3v) is 1.94. The van der Waals surface area contributed by atoms with Gasteiger partial charge in [-0.25, -0.2) is 0 Å². The van der Waals surface area contributed by atoms with Crippen LogP contribution in [0.5, 0.6) is 0 Å². The smallest absolute Gasteiger partial charge is 0.265 e. The average Bonchev–Trinajstić information content (AvgIpc) is 2.46. The number of pyridine rings is 1. The number of aromatic amines is 1. The van der Waals surface area contributed by atoms with Gasteiger partial charge in [0, 0.05) is 6.20 Å². The zero-order valence-electron chi connectivity index (χ0n) is 6.56. The van der Waals surface area contributed by atoms with Gasteiger partial charge in [-0.3, -0.25) is 10.1 Å². The summed E-state index contributed by atoms with van der Waals surface area (Å²) >= 11 is 5.58. The molecule has 0 radical (unpaired) electrons. The number of hydrogen-bond acceptors (Lipinski definition) is 2. The van der Waals surface area contributed by atoms with Crippen molar-refractivity contribution in [1.29, 1.82) is 0 Å². The molecule has 0 spiro atoms. The Morgan fingerprint density at radius 3 is 2.71 bits per heavy atom. The van der Waals surface area contributed by atoms with E-state index in [0.717, 1.165) is 12.3 Å². The van der Waals surface area contributed by atoms with E-state index in [1.165, 1.54) is 0 Å². The molecule has 0 unspecified atom stereocenters. The van der Waals surface area contributed by atoms with Crippen molar-refractivity contribution in [3.63, 3.8) is 0 Å². The van der Waals surface area contributed by atoms with Crippen LogP contribution in [0.15, 0.2) is 12.3 Å². The van der Waals surface area contributed by atoms with Gasteiger partial charge in [0.15, 0.2) is 5.15 Å². The molecule has 0 saturated heterocycles. The zero-order chi connectivity index (χ0) is 10.3. The summed E-state index contributed by atoms with van der Waals surface area (Å²) in [5, 5.41) is 6.05. The second-order valence-corrected chi connectivity index (χ2v) is 3.01. The highest BCUT2D eigenvalue weighted by Crippen LogP contribution is 2.30. The first kappa shape index (κ1) is 9.26. The fourth-order valence-corrected chi connectivity index (χ4v) is 1.21. The SMILES string of the molecule is FC(F)(F)c1cnc2c(Cl)[nH]nc2c1. The van der Waals surface area contributed by atoms with Crippen molar-refractivity contribution >= 4 is 22.6 Å². The standard InChI is InChI=1S/C7H3ClF3N3/c8-6-5-4(13-14-6)1-3(2-12-5)7(9,10)11/h1-2H,(H,13,14). The molecule has 14 heavy (non-hydrogen) atoms. The number of nitrogens with one attached hydrogen (secondary N) is 1. The normalized spacial score (nSPS) is 12.3. The van der Waals surface area contributed by atoms with Gasteiger partial charge in [-0.15, -0.1) is 0 Å². The van der Waals surface area contributed by atoms with Crippen LogP contribution in [0.3, 0.4) is 0 Å². The molecule has 0 amide bonds. The third-order valence-electron chi connectivity index (χ3n) is 1.68. The fraction of sp³-hybridized carbons (Fsp3) is 0.143. The highest BCUT2D eigenvalue weighted by molar-refractivity contribution is 6.33. The lowest BCUT2D eigenvalue weighted by molar-refractivity contribution is -0.137. The molecular formula is C7H3ClF3N3. The summed E-state index contributed by atoms with van der Waals surface area (Å²) in [6, 6.07) is 0.894. The summed E-state index contributed by atoms with van der Waals surface area (Å²) in [6.45, 7) is 0. The Labute approximate surface area is 80.9 Å². The number of H-pyrrole nitrogens is 1. The van der Waals surface area contributed by atoms with Crippen molar-refractivity contribution in [3.8, 4) is 0 Å². The first-order valence-corrected chi connectivity index (χ1v) is 3.93. The van der Waals surface area contributed by atoms with Gasteiger partial charge in [-0.2, -0.15) is 18.3 Å². The molecule has 0 aliphatic carbocycles. The lowest BCUT2D eigenvalue weighted by atomic mass is 10.2. The fourth-order valence-electron chi connectivity index (χ4n) is 1.02. The lowest BCUT2D eigenvalue weighted by Gasteiger charge is -2.04. The third kappa shape index (κ3) is 1.41. The maximum absolute atomic E-state index is 12.2. The van der Waals surface area contributed by atoms with Gasteiger partial charge in [-0.1, -0.05) is 11.6 Å². The van der Waals surface area contributed by atoms with Crippen LogP contribution in [0.4, 0.5) is 13.2 Å². The van der Waals surface area contributed by atoms with Gasteiger partial charge < -0.3 is 0 Å². The number of alkyl halides is 3. The second kappa shape index (κ2) is 2.84.